The Bertz CT molecular complexity index is 599. The minimum absolute atomic E-state index is 0.0880. The number of thioether (sulfide) groups is 1. The Morgan fingerprint density at radius 1 is 1.43 bits per heavy atom. The van der Waals surface area contributed by atoms with Gasteiger partial charge in [0.25, 0.3) is 0 Å². The van der Waals surface area contributed by atoms with Gasteiger partial charge >= 0.3 is 0 Å². The molecule has 1 N–H and O–H groups in total. The molecule has 0 spiro atoms. The van der Waals surface area contributed by atoms with Crippen molar-refractivity contribution in [2.24, 2.45) is 0 Å². The summed E-state index contributed by atoms with van der Waals surface area (Å²) >= 11 is 1.36. The summed E-state index contributed by atoms with van der Waals surface area (Å²) in [5.74, 6) is -0.372. The van der Waals surface area contributed by atoms with Crippen LogP contribution in [0.1, 0.15) is 19.4 Å². The summed E-state index contributed by atoms with van der Waals surface area (Å²) in [7, 11) is 0. The molecule has 0 unspecified atom stereocenters. The van der Waals surface area contributed by atoms with Gasteiger partial charge in [0.1, 0.15) is 12.1 Å². The highest BCUT2D eigenvalue weighted by Crippen LogP contribution is 2.20. The van der Waals surface area contributed by atoms with E-state index in [-0.39, 0.29) is 17.0 Å². The van der Waals surface area contributed by atoms with Gasteiger partial charge in [0.15, 0.2) is 5.16 Å². The monoisotopic (exact) mass is 308 g/mol. The predicted octanol–water partition coefficient (Wildman–Crippen LogP) is 2.23. The van der Waals surface area contributed by atoms with Crippen LogP contribution in [0.15, 0.2) is 35.7 Å². The van der Waals surface area contributed by atoms with Crippen molar-refractivity contribution in [3.63, 3.8) is 0 Å². The van der Waals surface area contributed by atoms with Crippen molar-refractivity contribution in [1.82, 2.24) is 20.1 Å². The standard InChI is InChI=1S/C14H17FN4OS/c1-3-19-9-17-18-14(19)21-10(2)13(20)16-8-11-4-6-12(15)7-5-11/h4-7,9-10H,3,8H2,1-2H3,(H,16,20)/t10-/m1/s1. The van der Waals surface area contributed by atoms with Crippen LogP contribution >= 0.6 is 11.8 Å². The number of amides is 1. The zero-order valence-electron chi connectivity index (χ0n) is 11.9. The number of hydrogen-bond donors (Lipinski definition) is 1. The largest absolute Gasteiger partial charge is 0.351 e. The first-order valence-electron chi connectivity index (χ1n) is 6.66. The number of carbonyl (C=O) groups excluding carboxylic acids is 1. The number of halogens is 1. The third-order valence-corrected chi connectivity index (χ3v) is 4.05. The molecule has 1 aromatic carbocycles. The van der Waals surface area contributed by atoms with Crippen molar-refractivity contribution in [3.05, 3.63) is 42.0 Å². The van der Waals surface area contributed by atoms with Crippen LogP contribution in [0.25, 0.3) is 0 Å². The van der Waals surface area contributed by atoms with Gasteiger partial charge in [0.2, 0.25) is 5.91 Å². The van der Waals surface area contributed by atoms with Crippen LogP contribution in [-0.4, -0.2) is 25.9 Å². The van der Waals surface area contributed by atoms with E-state index < -0.39 is 0 Å². The molecule has 1 atom stereocenters. The lowest BCUT2D eigenvalue weighted by Crippen LogP contribution is -2.30. The Kier molecular flexibility index (Phi) is 5.32. The van der Waals surface area contributed by atoms with Crippen LogP contribution < -0.4 is 5.32 Å². The molecule has 0 bridgehead atoms. The molecule has 112 valence electrons. The topological polar surface area (TPSA) is 59.8 Å². The van der Waals surface area contributed by atoms with Gasteiger partial charge in [0.05, 0.1) is 5.25 Å². The maximum Gasteiger partial charge on any atom is 0.233 e. The van der Waals surface area contributed by atoms with Crippen LogP contribution in [0.3, 0.4) is 0 Å². The molecule has 0 aliphatic heterocycles. The fourth-order valence-electron chi connectivity index (χ4n) is 1.70. The van der Waals surface area contributed by atoms with E-state index in [1.54, 1.807) is 18.5 Å². The average Bonchev–Trinajstić information content (AvgIpc) is 2.93. The third-order valence-electron chi connectivity index (χ3n) is 2.95. The van der Waals surface area contributed by atoms with E-state index in [0.29, 0.717) is 6.54 Å². The molecular weight excluding hydrogens is 291 g/mol. The molecule has 0 saturated heterocycles. The first-order valence-corrected chi connectivity index (χ1v) is 7.54. The van der Waals surface area contributed by atoms with Gasteiger partial charge < -0.3 is 9.88 Å². The molecular formula is C14H17FN4OS. The highest BCUT2D eigenvalue weighted by Gasteiger charge is 2.17. The van der Waals surface area contributed by atoms with Crippen LogP contribution in [-0.2, 0) is 17.9 Å². The van der Waals surface area contributed by atoms with E-state index >= 15 is 0 Å². The molecule has 2 rings (SSSR count). The minimum Gasteiger partial charge on any atom is -0.351 e. The number of nitrogens with zero attached hydrogens (tertiary/aromatic N) is 3. The molecule has 5 nitrogen and oxygen atoms in total. The molecule has 0 radical (unpaired) electrons. The van der Waals surface area contributed by atoms with Crippen molar-refractivity contribution in [2.45, 2.75) is 37.3 Å². The maximum absolute atomic E-state index is 12.8. The lowest BCUT2D eigenvalue weighted by Gasteiger charge is -2.11. The molecule has 21 heavy (non-hydrogen) atoms. The second kappa shape index (κ2) is 7.21. The first-order chi connectivity index (χ1) is 10.1. The molecule has 1 amide bonds. The molecule has 0 aliphatic rings. The molecule has 1 heterocycles. The van der Waals surface area contributed by atoms with E-state index in [1.165, 1.54) is 23.9 Å². The number of aromatic nitrogens is 3. The van der Waals surface area contributed by atoms with E-state index in [9.17, 15) is 9.18 Å². The number of hydrogen-bond acceptors (Lipinski definition) is 4. The Balaban J connectivity index is 1.86. The summed E-state index contributed by atoms with van der Waals surface area (Å²) in [5, 5.41) is 11.1. The Morgan fingerprint density at radius 3 is 2.81 bits per heavy atom. The highest BCUT2D eigenvalue weighted by atomic mass is 32.2. The zero-order valence-corrected chi connectivity index (χ0v) is 12.7. The lowest BCUT2D eigenvalue weighted by atomic mass is 10.2. The average molecular weight is 308 g/mol. The number of aryl methyl sites for hydroxylation is 1. The quantitative estimate of drug-likeness (QED) is 0.831. The molecule has 0 fully saturated rings. The predicted molar refractivity (Wildman–Crippen MR) is 79.3 cm³/mol. The molecule has 0 aliphatic carbocycles. The lowest BCUT2D eigenvalue weighted by molar-refractivity contribution is -0.120. The summed E-state index contributed by atoms with van der Waals surface area (Å²) in [6.07, 6.45) is 1.64. The van der Waals surface area contributed by atoms with Gasteiger partial charge in [-0.15, -0.1) is 10.2 Å². The van der Waals surface area contributed by atoms with Crippen LogP contribution in [0, 0.1) is 5.82 Å². The third kappa shape index (κ3) is 4.29. The van der Waals surface area contributed by atoms with Crippen molar-refractivity contribution in [1.29, 1.82) is 0 Å². The molecule has 7 heteroatoms. The second-order valence-electron chi connectivity index (χ2n) is 4.50. The second-order valence-corrected chi connectivity index (χ2v) is 5.81. The van der Waals surface area contributed by atoms with Crippen molar-refractivity contribution in [3.8, 4) is 0 Å². The fourth-order valence-corrected chi connectivity index (χ4v) is 2.61. The van der Waals surface area contributed by atoms with Crippen LogP contribution in [0.4, 0.5) is 4.39 Å². The number of carbonyl (C=O) groups is 1. The van der Waals surface area contributed by atoms with Crippen molar-refractivity contribution in [2.75, 3.05) is 0 Å². The van der Waals surface area contributed by atoms with E-state index in [2.05, 4.69) is 15.5 Å². The smallest absolute Gasteiger partial charge is 0.233 e. The van der Waals surface area contributed by atoms with Crippen molar-refractivity contribution >= 4 is 17.7 Å². The Labute approximate surface area is 127 Å². The maximum atomic E-state index is 12.8. The van der Waals surface area contributed by atoms with Crippen LogP contribution in [0.5, 0.6) is 0 Å². The van der Waals surface area contributed by atoms with Crippen molar-refractivity contribution < 1.29 is 9.18 Å². The van der Waals surface area contributed by atoms with Gasteiger partial charge in [-0.25, -0.2) is 4.39 Å². The van der Waals surface area contributed by atoms with E-state index in [4.69, 9.17) is 0 Å². The van der Waals surface area contributed by atoms with Gasteiger partial charge in [-0.1, -0.05) is 23.9 Å². The van der Waals surface area contributed by atoms with E-state index in [0.717, 1.165) is 17.3 Å². The number of nitrogens with one attached hydrogen (secondary N) is 1. The van der Waals surface area contributed by atoms with Gasteiger partial charge in [-0.3, -0.25) is 4.79 Å². The number of rotatable bonds is 6. The molecule has 0 saturated carbocycles. The molecule has 2 aromatic rings. The summed E-state index contributed by atoms with van der Waals surface area (Å²) in [6, 6.07) is 6.06. The molecule has 1 aromatic heterocycles. The fraction of sp³-hybridized carbons (Fsp3) is 0.357. The zero-order chi connectivity index (χ0) is 15.2. The minimum atomic E-state index is -0.284. The van der Waals surface area contributed by atoms with Gasteiger partial charge in [0, 0.05) is 13.1 Å². The SMILES string of the molecule is CCn1cnnc1S[C@H](C)C(=O)NCc1ccc(F)cc1. The summed E-state index contributed by atoms with van der Waals surface area (Å²) in [4.78, 5) is 12.0. The van der Waals surface area contributed by atoms with Gasteiger partial charge in [-0.05, 0) is 31.5 Å². The normalized spacial score (nSPS) is 12.1. The Morgan fingerprint density at radius 2 is 2.14 bits per heavy atom. The Hall–Kier alpha value is -1.89. The number of benzene rings is 1. The summed E-state index contributed by atoms with van der Waals surface area (Å²) in [5.41, 5.74) is 0.860. The first kappa shape index (κ1) is 15.5. The summed E-state index contributed by atoms with van der Waals surface area (Å²) < 4.78 is 14.7. The summed E-state index contributed by atoms with van der Waals surface area (Å²) in [6.45, 7) is 4.95. The highest BCUT2D eigenvalue weighted by molar-refractivity contribution is 8.00. The van der Waals surface area contributed by atoms with E-state index in [1.807, 2.05) is 18.4 Å². The van der Waals surface area contributed by atoms with Gasteiger partial charge in [-0.2, -0.15) is 0 Å². The van der Waals surface area contributed by atoms with Crippen LogP contribution in [0.2, 0.25) is 0 Å².